The lowest BCUT2D eigenvalue weighted by Gasteiger charge is -2.22. The van der Waals surface area contributed by atoms with Crippen molar-refractivity contribution in [2.45, 2.75) is 38.8 Å². The summed E-state index contributed by atoms with van der Waals surface area (Å²) in [6.45, 7) is 5.16. The molecule has 2 aromatic rings. The zero-order valence-electron chi connectivity index (χ0n) is 15.4. The van der Waals surface area contributed by atoms with E-state index in [1.165, 1.54) is 0 Å². The molecule has 0 aliphatic rings. The van der Waals surface area contributed by atoms with Crippen LogP contribution in [0.4, 0.5) is 4.79 Å². The lowest BCUT2D eigenvalue weighted by Crippen LogP contribution is -2.44. The number of aromatic nitrogens is 1. The molecule has 140 valence electrons. The number of carboxylic acids is 1. The monoisotopic (exact) mass is 360 g/mol. The molecule has 0 bridgehead atoms. The Hall–Kier alpha value is -2.96. The summed E-state index contributed by atoms with van der Waals surface area (Å²) in [5, 5.41) is 11.9. The van der Waals surface area contributed by atoms with Crippen molar-refractivity contribution in [1.82, 2.24) is 9.88 Å². The molecule has 0 fully saturated rings. The fourth-order valence-corrected chi connectivity index (χ4v) is 2.44. The number of alkyl carbamates (subject to hydrolysis) is 1. The molecule has 1 atom stereocenters. The summed E-state index contributed by atoms with van der Waals surface area (Å²) in [7, 11) is 1.59. The van der Waals surface area contributed by atoms with Crippen LogP contribution >= 0.6 is 0 Å². The van der Waals surface area contributed by atoms with Crippen molar-refractivity contribution in [3.8, 4) is 11.4 Å². The topological polar surface area (TPSA) is 89.8 Å². The van der Waals surface area contributed by atoms with Crippen LogP contribution in [0.25, 0.3) is 5.69 Å². The number of rotatable bonds is 6. The summed E-state index contributed by atoms with van der Waals surface area (Å²) in [4.78, 5) is 23.5. The van der Waals surface area contributed by atoms with Crippen LogP contribution in [0.5, 0.6) is 5.75 Å². The SMILES string of the molecule is COc1ccc(-n2cccc2CC(NC(=O)OC(C)(C)C)C(=O)O)cc1. The number of carbonyl (C=O) groups is 2. The molecule has 1 aromatic heterocycles. The first-order valence-corrected chi connectivity index (χ1v) is 8.22. The molecule has 0 aliphatic carbocycles. The number of hydrogen-bond acceptors (Lipinski definition) is 4. The Kier molecular flexibility index (Phi) is 5.92. The van der Waals surface area contributed by atoms with Gasteiger partial charge < -0.3 is 24.5 Å². The molecule has 0 saturated carbocycles. The van der Waals surface area contributed by atoms with Crippen LogP contribution in [0.15, 0.2) is 42.6 Å². The molecule has 2 N–H and O–H groups in total. The molecule has 0 radical (unpaired) electrons. The number of hydrogen-bond donors (Lipinski definition) is 2. The second-order valence-corrected chi connectivity index (χ2v) is 6.81. The quantitative estimate of drug-likeness (QED) is 0.826. The van der Waals surface area contributed by atoms with E-state index in [2.05, 4.69) is 5.32 Å². The molecule has 1 heterocycles. The molecule has 26 heavy (non-hydrogen) atoms. The van der Waals surface area contributed by atoms with Gasteiger partial charge in [-0.1, -0.05) is 0 Å². The number of amides is 1. The molecule has 0 saturated heterocycles. The lowest BCUT2D eigenvalue weighted by atomic mass is 10.1. The van der Waals surface area contributed by atoms with Crippen molar-refractivity contribution >= 4 is 12.1 Å². The first-order valence-electron chi connectivity index (χ1n) is 8.22. The van der Waals surface area contributed by atoms with E-state index in [4.69, 9.17) is 9.47 Å². The van der Waals surface area contributed by atoms with E-state index in [-0.39, 0.29) is 6.42 Å². The molecule has 1 unspecified atom stereocenters. The normalized spacial score (nSPS) is 12.3. The summed E-state index contributed by atoms with van der Waals surface area (Å²) in [5.41, 5.74) is 0.919. The second-order valence-electron chi connectivity index (χ2n) is 6.81. The van der Waals surface area contributed by atoms with Gasteiger partial charge in [0.15, 0.2) is 0 Å². The summed E-state index contributed by atoms with van der Waals surface area (Å²) in [5.74, 6) is -0.393. The van der Waals surface area contributed by atoms with Crippen LogP contribution in [0.2, 0.25) is 0 Å². The van der Waals surface area contributed by atoms with E-state index in [0.29, 0.717) is 0 Å². The Morgan fingerprint density at radius 2 is 1.85 bits per heavy atom. The van der Waals surface area contributed by atoms with E-state index in [1.807, 2.05) is 47.2 Å². The van der Waals surface area contributed by atoms with E-state index in [9.17, 15) is 14.7 Å². The van der Waals surface area contributed by atoms with Crippen LogP contribution in [-0.4, -0.2) is 40.5 Å². The Labute approximate surface area is 152 Å². The Balaban J connectivity index is 2.16. The second kappa shape index (κ2) is 7.95. The molecule has 1 amide bonds. The van der Waals surface area contributed by atoms with Gasteiger partial charge in [-0.3, -0.25) is 0 Å². The summed E-state index contributed by atoms with van der Waals surface area (Å²) >= 11 is 0. The van der Waals surface area contributed by atoms with Gasteiger partial charge in [-0.15, -0.1) is 0 Å². The number of methoxy groups -OCH3 is 1. The molecule has 2 rings (SSSR count). The molecular formula is C19H24N2O5. The maximum Gasteiger partial charge on any atom is 0.408 e. The van der Waals surface area contributed by atoms with Gasteiger partial charge in [0, 0.05) is 24.0 Å². The van der Waals surface area contributed by atoms with Gasteiger partial charge >= 0.3 is 12.1 Å². The standard InChI is InChI=1S/C19H24N2O5/c1-19(2,3)26-18(24)20-16(17(22)23)12-14-6-5-11-21(14)13-7-9-15(25-4)10-8-13/h5-11,16H,12H2,1-4H3,(H,20,24)(H,22,23). The van der Waals surface area contributed by atoms with Crippen LogP contribution in [0.1, 0.15) is 26.5 Å². The van der Waals surface area contributed by atoms with Crippen molar-refractivity contribution in [3.63, 3.8) is 0 Å². The van der Waals surface area contributed by atoms with Crippen molar-refractivity contribution < 1.29 is 24.2 Å². The van der Waals surface area contributed by atoms with Crippen LogP contribution in [0, 0.1) is 0 Å². The average molecular weight is 360 g/mol. The van der Waals surface area contributed by atoms with Crippen LogP contribution in [-0.2, 0) is 16.0 Å². The third-order valence-electron chi connectivity index (χ3n) is 3.59. The number of carboxylic acid groups (broad SMARTS) is 1. The third-order valence-corrected chi connectivity index (χ3v) is 3.59. The van der Waals surface area contributed by atoms with E-state index < -0.39 is 23.7 Å². The maximum atomic E-state index is 11.9. The molecule has 7 nitrogen and oxygen atoms in total. The van der Waals surface area contributed by atoms with Gasteiger partial charge in [-0.25, -0.2) is 9.59 Å². The Bertz CT molecular complexity index is 759. The average Bonchev–Trinajstić information content (AvgIpc) is 3.00. The highest BCUT2D eigenvalue weighted by Gasteiger charge is 2.25. The van der Waals surface area contributed by atoms with Gasteiger partial charge in [0.05, 0.1) is 7.11 Å². The van der Waals surface area contributed by atoms with Gasteiger partial charge in [-0.2, -0.15) is 0 Å². The van der Waals surface area contributed by atoms with Crippen molar-refractivity contribution in [2.24, 2.45) is 0 Å². The first kappa shape index (κ1) is 19.4. The number of ether oxygens (including phenoxy) is 2. The molecular weight excluding hydrogens is 336 g/mol. The van der Waals surface area contributed by atoms with Crippen LogP contribution in [0.3, 0.4) is 0 Å². The van der Waals surface area contributed by atoms with E-state index in [1.54, 1.807) is 27.9 Å². The summed E-state index contributed by atoms with van der Waals surface area (Å²) < 4.78 is 12.2. The Morgan fingerprint density at radius 3 is 2.38 bits per heavy atom. The molecule has 0 aliphatic heterocycles. The lowest BCUT2D eigenvalue weighted by molar-refractivity contribution is -0.139. The fraction of sp³-hybridized carbons (Fsp3) is 0.368. The highest BCUT2D eigenvalue weighted by atomic mass is 16.6. The zero-order chi connectivity index (χ0) is 19.3. The number of benzene rings is 1. The Morgan fingerprint density at radius 1 is 1.19 bits per heavy atom. The predicted octanol–water partition coefficient (Wildman–Crippen LogP) is 3.01. The number of nitrogens with zero attached hydrogens (tertiary/aromatic N) is 1. The highest BCUT2D eigenvalue weighted by Crippen LogP contribution is 2.18. The largest absolute Gasteiger partial charge is 0.497 e. The number of nitrogens with one attached hydrogen (secondary N) is 1. The molecule has 0 spiro atoms. The zero-order valence-corrected chi connectivity index (χ0v) is 15.4. The fourth-order valence-electron chi connectivity index (χ4n) is 2.44. The summed E-state index contributed by atoms with van der Waals surface area (Å²) in [6, 6.07) is 9.94. The van der Waals surface area contributed by atoms with Crippen LogP contribution < -0.4 is 10.1 Å². The molecule has 1 aromatic carbocycles. The third kappa shape index (κ3) is 5.27. The van der Waals surface area contributed by atoms with Gasteiger partial charge in [0.1, 0.15) is 17.4 Å². The van der Waals surface area contributed by atoms with Crippen molar-refractivity contribution in [3.05, 3.63) is 48.3 Å². The minimum absolute atomic E-state index is 0.119. The smallest absolute Gasteiger partial charge is 0.408 e. The number of carbonyl (C=O) groups excluding carboxylic acids is 1. The highest BCUT2D eigenvalue weighted by molar-refractivity contribution is 5.80. The van der Waals surface area contributed by atoms with Crippen molar-refractivity contribution in [2.75, 3.05) is 7.11 Å². The minimum atomic E-state index is -1.13. The first-order chi connectivity index (χ1) is 12.2. The summed E-state index contributed by atoms with van der Waals surface area (Å²) in [6.07, 6.45) is 1.20. The molecule has 7 heteroatoms. The van der Waals surface area contributed by atoms with Crippen molar-refractivity contribution in [1.29, 1.82) is 0 Å². The number of aliphatic carboxylic acids is 1. The van der Waals surface area contributed by atoms with Gasteiger partial charge in [0.25, 0.3) is 0 Å². The van der Waals surface area contributed by atoms with E-state index in [0.717, 1.165) is 17.1 Å². The van der Waals surface area contributed by atoms with Gasteiger partial charge in [-0.05, 0) is 57.2 Å². The maximum absolute atomic E-state index is 11.9. The minimum Gasteiger partial charge on any atom is -0.497 e. The predicted molar refractivity (Wildman–Crippen MR) is 96.8 cm³/mol. The van der Waals surface area contributed by atoms with E-state index >= 15 is 0 Å². The van der Waals surface area contributed by atoms with Gasteiger partial charge in [0.2, 0.25) is 0 Å².